The fraction of sp³-hybridized carbons (Fsp3) is 0.435. The number of hydrogen-bond donors (Lipinski definition) is 2. The third-order valence-corrected chi connectivity index (χ3v) is 5.81. The number of anilines is 1. The average molecular weight is 351 g/mol. The van der Waals surface area contributed by atoms with E-state index in [1.165, 1.54) is 43.7 Å². The van der Waals surface area contributed by atoms with Crippen LogP contribution in [0.4, 0.5) is 5.69 Å². The molecule has 1 aliphatic rings. The minimum atomic E-state index is -0.0315. The SMILES string of the molecule is CC(=O)Nc1ccc(CCN[C@H](C)C2(c3ccccc3)CCCC2)cc1. The van der Waals surface area contributed by atoms with Gasteiger partial charge >= 0.3 is 0 Å². The van der Waals surface area contributed by atoms with Crippen molar-refractivity contribution in [2.75, 3.05) is 11.9 Å². The fourth-order valence-corrected chi connectivity index (χ4v) is 4.33. The van der Waals surface area contributed by atoms with Gasteiger partial charge < -0.3 is 10.6 Å². The summed E-state index contributed by atoms with van der Waals surface area (Å²) in [6.45, 7) is 4.85. The predicted octanol–water partition coefficient (Wildman–Crippen LogP) is 4.68. The zero-order valence-electron chi connectivity index (χ0n) is 15.9. The van der Waals surface area contributed by atoms with Crippen LogP contribution < -0.4 is 10.6 Å². The molecule has 0 radical (unpaired) electrons. The lowest BCUT2D eigenvalue weighted by Gasteiger charge is -2.37. The van der Waals surface area contributed by atoms with Gasteiger partial charge in [-0.1, -0.05) is 55.3 Å². The van der Waals surface area contributed by atoms with Crippen LogP contribution >= 0.6 is 0 Å². The van der Waals surface area contributed by atoms with Gasteiger partial charge in [0.25, 0.3) is 0 Å². The molecule has 2 aromatic rings. The highest BCUT2D eigenvalue weighted by Gasteiger charge is 2.40. The predicted molar refractivity (Wildman–Crippen MR) is 109 cm³/mol. The van der Waals surface area contributed by atoms with Gasteiger partial charge in [0, 0.05) is 24.1 Å². The quantitative estimate of drug-likeness (QED) is 0.761. The van der Waals surface area contributed by atoms with Gasteiger partial charge in [-0.05, 0) is 56.0 Å². The van der Waals surface area contributed by atoms with Crippen LogP contribution in [0.2, 0.25) is 0 Å². The van der Waals surface area contributed by atoms with Crippen molar-refractivity contribution in [3.63, 3.8) is 0 Å². The maximum absolute atomic E-state index is 11.1. The maximum Gasteiger partial charge on any atom is 0.221 e. The van der Waals surface area contributed by atoms with Crippen molar-refractivity contribution in [2.45, 2.75) is 57.4 Å². The van der Waals surface area contributed by atoms with E-state index in [0.717, 1.165) is 18.7 Å². The Bertz CT molecular complexity index is 703. The third kappa shape index (κ3) is 4.34. The number of carbonyl (C=O) groups is 1. The average Bonchev–Trinajstić information content (AvgIpc) is 3.14. The molecule has 3 nitrogen and oxygen atoms in total. The van der Waals surface area contributed by atoms with Crippen LogP contribution in [0.25, 0.3) is 0 Å². The normalized spacial score (nSPS) is 17.0. The lowest BCUT2D eigenvalue weighted by molar-refractivity contribution is -0.114. The van der Waals surface area contributed by atoms with E-state index in [-0.39, 0.29) is 11.3 Å². The maximum atomic E-state index is 11.1. The second-order valence-corrected chi connectivity index (χ2v) is 7.53. The Kier molecular flexibility index (Phi) is 6.10. The third-order valence-electron chi connectivity index (χ3n) is 5.81. The molecule has 1 saturated carbocycles. The Balaban J connectivity index is 1.57. The van der Waals surface area contributed by atoms with Crippen molar-refractivity contribution in [1.82, 2.24) is 5.32 Å². The Labute approximate surface area is 157 Å². The summed E-state index contributed by atoms with van der Waals surface area (Å²) in [5.41, 5.74) is 3.91. The number of rotatable bonds is 7. The van der Waals surface area contributed by atoms with Gasteiger partial charge in [0.05, 0.1) is 0 Å². The van der Waals surface area contributed by atoms with E-state index in [0.29, 0.717) is 6.04 Å². The van der Waals surface area contributed by atoms with Crippen LogP contribution in [0.3, 0.4) is 0 Å². The van der Waals surface area contributed by atoms with Gasteiger partial charge in [-0.25, -0.2) is 0 Å². The molecule has 1 amide bonds. The molecule has 138 valence electrons. The van der Waals surface area contributed by atoms with Crippen molar-refractivity contribution in [3.05, 3.63) is 65.7 Å². The molecule has 0 spiro atoms. The van der Waals surface area contributed by atoms with E-state index in [1.807, 2.05) is 12.1 Å². The topological polar surface area (TPSA) is 41.1 Å². The lowest BCUT2D eigenvalue weighted by atomic mass is 9.73. The molecule has 0 saturated heterocycles. The van der Waals surface area contributed by atoms with Crippen LogP contribution in [0.1, 0.15) is 50.7 Å². The van der Waals surface area contributed by atoms with E-state index in [9.17, 15) is 4.79 Å². The number of benzene rings is 2. The largest absolute Gasteiger partial charge is 0.326 e. The standard InChI is InChI=1S/C23H30N2O/c1-18(23(15-6-7-16-23)21-8-4-3-5-9-21)24-17-14-20-10-12-22(13-11-20)25-19(2)26/h3-5,8-13,18,24H,6-7,14-17H2,1-2H3,(H,25,26)/t18-/m1/s1. The Morgan fingerprint density at radius 1 is 1.04 bits per heavy atom. The fourth-order valence-electron chi connectivity index (χ4n) is 4.33. The molecule has 0 unspecified atom stereocenters. The minimum Gasteiger partial charge on any atom is -0.326 e. The van der Waals surface area contributed by atoms with Gasteiger partial charge in [-0.2, -0.15) is 0 Å². The lowest BCUT2D eigenvalue weighted by Crippen LogP contribution is -2.45. The van der Waals surface area contributed by atoms with Crippen molar-refractivity contribution in [3.8, 4) is 0 Å². The first-order valence-corrected chi connectivity index (χ1v) is 9.76. The smallest absolute Gasteiger partial charge is 0.221 e. The summed E-state index contributed by atoms with van der Waals surface area (Å²) in [6, 6.07) is 19.6. The molecule has 3 rings (SSSR count). The Morgan fingerprint density at radius 3 is 2.31 bits per heavy atom. The number of amides is 1. The minimum absolute atomic E-state index is 0.0315. The van der Waals surface area contributed by atoms with Crippen molar-refractivity contribution in [2.24, 2.45) is 0 Å². The molecular weight excluding hydrogens is 320 g/mol. The summed E-state index contributed by atoms with van der Waals surface area (Å²) >= 11 is 0. The van der Waals surface area contributed by atoms with Gasteiger partial charge in [0.1, 0.15) is 0 Å². The van der Waals surface area contributed by atoms with Gasteiger partial charge in [0.15, 0.2) is 0 Å². The molecule has 0 heterocycles. The first-order valence-electron chi connectivity index (χ1n) is 9.76. The zero-order valence-corrected chi connectivity index (χ0v) is 15.9. The van der Waals surface area contributed by atoms with Crippen molar-refractivity contribution >= 4 is 11.6 Å². The number of hydrogen-bond acceptors (Lipinski definition) is 2. The summed E-state index contributed by atoms with van der Waals surface area (Å²) in [4.78, 5) is 11.1. The summed E-state index contributed by atoms with van der Waals surface area (Å²) in [6.07, 6.45) is 6.19. The second-order valence-electron chi connectivity index (χ2n) is 7.53. The van der Waals surface area contributed by atoms with E-state index < -0.39 is 0 Å². The molecular formula is C23H30N2O. The van der Waals surface area contributed by atoms with E-state index in [4.69, 9.17) is 0 Å². The molecule has 0 bridgehead atoms. The molecule has 2 N–H and O–H groups in total. The molecule has 0 aromatic heterocycles. The van der Waals surface area contributed by atoms with Crippen molar-refractivity contribution < 1.29 is 4.79 Å². The highest BCUT2D eigenvalue weighted by Crippen LogP contribution is 2.43. The first kappa shape index (κ1) is 18.7. The Hall–Kier alpha value is -2.13. The van der Waals surface area contributed by atoms with Gasteiger partial charge in [0.2, 0.25) is 5.91 Å². The summed E-state index contributed by atoms with van der Waals surface area (Å²) in [7, 11) is 0. The molecule has 2 aromatic carbocycles. The molecule has 1 fully saturated rings. The molecule has 26 heavy (non-hydrogen) atoms. The van der Waals surface area contributed by atoms with Crippen LogP contribution in [-0.4, -0.2) is 18.5 Å². The number of carbonyl (C=O) groups excluding carboxylic acids is 1. The molecule has 3 heteroatoms. The van der Waals surface area contributed by atoms with Crippen LogP contribution in [0, 0.1) is 0 Å². The monoisotopic (exact) mass is 350 g/mol. The van der Waals surface area contributed by atoms with E-state index >= 15 is 0 Å². The van der Waals surface area contributed by atoms with E-state index in [2.05, 4.69) is 60.0 Å². The van der Waals surface area contributed by atoms with Gasteiger partial charge in [-0.15, -0.1) is 0 Å². The number of nitrogens with one attached hydrogen (secondary N) is 2. The van der Waals surface area contributed by atoms with Crippen molar-refractivity contribution in [1.29, 1.82) is 0 Å². The Morgan fingerprint density at radius 2 is 1.69 bits per heavy atom. The summed E-state index contributed by atoms with van der Waals surface area (Å²) in [5, 5.41) is 6.60. The zero-order chi connectivity index (χ0) is 18.4. The first-order chi connectivity index (χ1) is 12.6. The van der Waals surface area contributed by atoms with E-state index in [1.54, 1.807) is 0 Å². The van der Waals surface area contributed by atoms with Crippen LogP contribution in [0.5, 0.6) is 0 Å². The molecule has 0 aliphatic heterocycles. The highest BCUT2D eigenvalue weighted by atomic mass is 16.1. The van der Waals surface area contributed by atoms with Gasteiger partial charge in [-0.3, -0.25) is 4.79 Å². The highest BCUT2D eigenvalue weighted by molar-refractivity contribution is 5.88. The second kappa shape index (κ2) is 8.50. The molecule has 1 aliphatic carbocycles. The molecule has 1 atom stereocenters. The van der Waals surface area contributed by atoms with Crippen LogP contribution in [-0.2, 0) is 16.6 Å². The summed E-state index contributed by atoms with van der Waals surface area (Å²) < 4.78 is 0. The summed E-state index contributed by atoms with van der Waals surface area (Å²) in [5.74, 6) is -0.0315. The van der Waals surface area contributed by atoms with Crippen LogP contribution in [0.15, 0.2) is 54.6 Å².